The molecule has 0 spiro atoms. The second-order valence-electron chi connectivity index (χ2n) is 8.95. The van der Waals surface area contributed by atoms with Crippen molar-refractivity contribution in [1.82, 2.24) is 4.98 Å². The third kappa shape index (κ3) is 5.31. The molecule has 176 valence electrons. The Balaban J connectivity index is 1.63. The van der Waals surface area contributed by atoms with Crippen molar-refractivity contribution in [2.75, 3.05) is 23.9 Å². The molecule has 0 aliphatic carbocycles. The lowest BCUT2D eigenvalue weighted by Gasteiger charge is -2.24. The number of oxazole rings is 1. The largest absolute Gasteiger partial charge is 0.478 e. The van der Waals surface area contributed by atoms with Crippen molar-refractivity contribution in [3.05, 3.63) is 83.9 Å². The van der Waals surface area contributed by atoms with E-state index in [1.54, 1.807) is 6.07 Å². The number of carboxylic acid groups (broad SMARTS) is 1. The van der Waals surface area contributed by atoms with Crippen LogP contribution in [0, 0.1) is 0 Å². The highest BCUT2D eigenvalue weighted by Gasteiger charge is 2.29. The molecule has 0 aliphatic heterocycles. The van der Waals surface area contributed by atoms with Gasteiger partial charge < -0.3 is 24.1 Å². The Morgan fingerprint density at radius 3 is 2.35 bits per heavy atom. The fourth-order valence-electron chi connectivity index (χ4n) is 3.57. The summed E-state index contributed by atoms with van der Waals surface area (Å²) in [4.78, 5) is 20.3. The number of hydrogen-bond donors (Lipinski definition) is 1. The van der Waals surface area contributed by atoms with Crippen LogP contribution in [0.4, 0.5) is 11.7 Å². The first-order valence-electron chi connectivity index (χ1n) is 11.1. The third-order valence-corrected chi connectivity index (χ3v) is 5.54. The number of para-hydroxylation sites is 2. The molecule has 0 unspecified atom stereocenters. The van der Waals surface area contributed by atoms with Crippen molar-refractivity contribution in [3.63, 3.8) is 0 Å². The number of hydrogen-bond acceptors (Lipinski definition) is 6. The van der Waals surface area contributed by atoms with Crippen molar-refractivity contribution >= 4 is 28.8 Å². The van der Waals surface area contributed by atoms with Gasteiger partial charge in [-0.2, -0.15) is 4.98 Å². The van der Waals surface area contributed by atoms with E-state index < -0.39 is 11.6 Å². The molecule has 0 fully saturated rings. The van der Waals surface area contributed by atoms with Gasteiger partial charge in [-0.3, -0.25) is 0 Å². The maximum absolute atomic E-state index is 11.5. The van der Waals surface area contributed by atoms with Crippen LogP contribution in [-0.2, 0) is 17.9 Å². The van der Waals surface area contributed by atoms with Crippen LogP contribution in [0.25, 0.3) is 11.1 Å². The Bertz CT molecular complexity index is 1250. The van der Waals surface area contributed by atoms with E-state index in [2.05, 4.69) is 34.1 Å². The summed E-state index contributed by atoms with van der Waals surface area (Å²) in [6, 6.07) is 24.0. The molecular weight excluding hydrogens is 430 g/mol. The van der Waals surface area contributed by atoms with E-state index >= 15 is 0 Å². The molecule has 0 atom stereocenters. The fraction of sp³-hybridized carbons (Fsp3) is 0.259. The fourth-order valence-corrected chi connectivity index (χ4v) is 3.57. The zero-order valence-corrected chi connectivity index (χ0v) is 19.9. The Morgan fingerprint density at radius 2 is 1.68 bits per heavy atom. The number of benzene rings is 3. The summed E-state index contributed by atoms with van der Waals surface area (Å²) in [5.41, 5.74) is 3.39. The van der Waals surface area contributed by atoms with E-state index in [1.165, 1.54) is 13.8 Å². The summed E-state index contributed by atoms with van der Waals surface area (Å²) in [6.45, 7) is 4.16. The molecule has 3 aromatic carbocycles. The van der Waals surface area contributed by atoms with Gasteiger partial charge in [0.2, 0.25) is 0 Å². The van der Waals surface area contributed by atoms with E-state index in [-0.39, 0.29) is 0 Å². The van der Waals surface area contributed by atoms with Gasteiger partial charge in [-0.25, -0.2) is 4.79 Å². The Hall–Kier alpha value is -4.00. The molecule has 0 radical (unpaired) electrons. The first-order chi connectivity index (χ1) is 16.2. The minimum absolute atomic E-state index is 0.498. The summed E-state index contributed by atoms with van der Waals surface area (Å²) < 4.78 is 11.8. The van der Waals surface area contributed by atoms with Crippen molar-refractivity contribution in [3.8, 4) is 5.75 Å². The van der Waals surface area contributed by atoms with Crippen LogP contribution in [0.15, 0.2) is 77.2 Å². The summed E-state index contributed by atoms with van der Waals surface area (Å²) in [5, 5.41) is 9.40. The quantitative estimate of drug-likeness (QED) is 0.362. The van der Waals surface area contributed by atoms with Crippen LogP contribution in [0.5, 0.6) is 5.75 Å². The highest BCUT2D eigenvalue weighted by atomic mass is 16.5. The van der Waals surface area contributed by atoms with E-state index in [4.69, 9.17) is 14.1 Å². The number of aliphatic carboxylic acids is 1. The molecule has 1 N–H and O–H groups in total. The number of nitrogens with zero attached hydrogens (tertiary/aromatic N) is 3. The van der Waals surface area contributed by atoms with Crippen molar-refractivity contribution in [1.29, 1.82) is 0 Å². The monoisotopic (exact) mass is 459 g/mol. The van der Waals surface area contributed by atoms with Crippen molar-refractivity contribution in [2.24, 2.45) is 0 Å². The van der Waals surface area contributed by atoms with E-state index in [1.807, 2.05) is 56.6 Å². The van der Waals surface area contributed by atoms with Gasteiger partial charge in [-0.1, -0.05) is 36.4 Å². The summed E-state index contributed by atoms with van der Waals surface area (Å²) in [7, 11) is 4.03. The summed E-state index contributed by atoms with van der Waals surface area (Å²) in [6.07, 6.45) is 0. The zero-order chi connectivity index (χ0) is 24.3. The highest BCUT2D eigenvalue weighted by Crippen LogP contribution is 2.27. The molecule has 1 aromatic heterocycles. The predicted molar refractivity (Wildman–Crippen MR) is 133 cm³/mol. The predicted octanol–water partition coefficient (Wildman–Crippen LogP) is 5.34. The first-order valence-corrected chi connectivity index (χ1v) is 11.1. The van der Waals surface area contributed by atoms with Gasteiger partial charge >= 0.3 is 5.97 Å². The molecule has 7 nitrogen and oxygen atoms in total. The normalized spacial score (nSPS) is 11.4. The van der Waals surface area contributed by atoms with Crippen LogP contribution in [0.2, 0.25) is 0 Å². The number of aromatic nitrogens is 1. The average molecular weight is 460 g/mol. The lowest BCUT2D eigenvalue weighted by atomic mass is 10.1. The molecule has 34 heavy (non-hydrogen) atoms. The molecule has 4 aromatic rings. The van der Waals surface area contributed by atoms with Crippen molar-refractivity contribution in [2.45, 2.75) is 32.5 Å². The molecular formula is C27H29N3O4. The topological polar surface area (TPSA) is 79.0 Å². The van der Waals surface area contributed by atoms with Crippen LogP contribution >= 0.6 is 0 Å². The number of ether oxygens (including phenoxy) is 1. The van der Waals surface area contributed by atoms with Gasteiger partial charge in [0.05, 0.1) is 0 Å². The van der Waals surface area contributed by atoms with Gasteiger partial charge in [0.25, 0.3) is 6.01 Å². The summed E-state index contributed by atoms with van der Waals surface area (Å²) in [5.74, 6) is -0.523. The van der Waals surface area contributed by atoms with Gasteiger partial charge in [-0.15, -0.1) is 0 Å². The second kappa shape index (κ2) is 9.47. The maximum Gasteiger partial charge on any atom is 0.347 e. The Labute approximate surface area is 199 Å². The van der Waals surface area contributed by atoms with Crippen LogP contribution in [0.3, 0.4) is 0 Å². The van der Waals surface area contributed by atoms with Crippen LogP contribution in [-0.4, -0.2) is 35.8 Å². The molecule has 1 heterocycles. The van der Waals surface area contributed by atoms with Gasteiger partial charge in [0, 0.05) is 32.9 Å². The number of anilines is 2. The minimum Gasteiger partial charge on any atom is -0.478 e. The lowest BCUT2D eigenvalue weighted by Crippen LogP contribution is -2.37. The lowest BCUT2D eigenvalue weighted by molar-refractivity contribution is -0.152. The number of fused-ring (bicyclic) bond motifs is 1. The van der Waals surface area contributed by atoms with Gasteiger partial charge in [0.15, 0.2) is 11.2 Å². The number of rotatable bonds is 9. The van der Waals surface area contributed by atoms with E-state index in [9.17, 15) is 9.90 Å². The standard InChI is InChI=1S/C27H29N3O4/c1-27(2,25(31)32)34-22-9-7-8-20(16-22)18-30(17-19-12-14-21(15-13-19)29(3)4)26-28-23-10-5-6-11-24(23)33-26/h5-16H,17-18H2,1-4H3,(H,31,32). The molecule has 0 bridgehead atoms. The van der Waals surface area contributed by atoms with Crippen LogP contribution < -0.4 is 14.5 Å². The number of carboxylic acids is 1. The molecule has 0 saturated heterocycles. The second-order valence-corrected chi connectivity index (χ2v) is 8.95. The number of carbonyl (C=O) groups is 1. The maximum atomic E-state index is 11.5. The first kappa shape index (κ1) is 23.2. The molecule has 7 heteroatoms. The smallest absolute Gasteiger partial charge is 0.347 e. The third-order valence-electron chi connectivity index (χ3n) is 5.54. The van der Waals surface area contributed by atoms with E-state index in [0.29, 0.717) is 24.9 Å². The minimum atomic E-state index is -1.33. The highest BCUT2D eigenvalue weighted by molar-refractivity contribution is 5.77. The molecule has 0 amide bonds. The SMILES string of the molecule is CN(C)c1ccc(CN(Cc2cccc(OC(C)(C)C(=O)O)c2)c2nc3ccccc3o2)cc1. The molecule has 0 saturated carbocycles. The average Bonchev–Trinajstić information content (AvgIpc) is 3.23. The van der Waals surface area contributed by atoms with Gasteiger partial charge in [-0.05, 0) is 61.4 Å². The van der Waals surface area contributed by atoms with Gasteiger partial charge in [0.1, 0.15) is 11.3 Å². The van der Waals surface area contributed by atoms with E-state index in [0.717, 1.165) is 27.9 Å². The molecule has 0 aliphatic rings. The molecule has 4 rings (SSSR count). The van der Waals surface area contributed by atoms with Crippen molar-refractivity contribution < 1.29 is 19.1 Å². The summed E-state index contributed by atoms with van der Waals surface area (Å²) >= 11 is 0. The Kier molecular flexibility index (Phi) is 6.45. The van der Waals surface area contributed by atoms with Crippen LogP contribution in [0.1, 0.15) is 25.0 Å². The Morgan fingerprint density at radius 1 is 0.971 bits per heavy atom. The zero-order valence-electron chi connectivity index (χ0n) is 19.9.